The topological polar surface area (TPSA) is 88.4 Å². The lowest BCUT2D eigenvalue weighted by molar-refractivity contribution is -0.124. The van der Waals surface area contributed by atoms with Crippen molar-refractivity contribution in [2.24, 2.45) is 5.92 Å². The predicted molar refractivity (Wildman–Crippen MR) is 84.9 cm³/mol. The lowest BCUT2D eigenvalue weighted by Gasteiger charge is -2.27. The average Bonchev–Trinajstić information content (AvgIpc) is 2.53. The number of carbonyl (C=O) groups excluding carboxylic acids is 2. The molecular weight excluding hydrogens is 296 g/mol. The number of esters is 1. The number of rotatable bonds is 7. The molecule has 1 rings (SSSR count). The molecule has 0 aliphatic carbocycles. The number of hydrogen-bond donors (Lipinski definition) is 1. The molecule has 23 heavy (non-hydrogen) atoms. The Balaban J connectivity index is 2.57. The van der Waals surface area contributed by atoms with E-state index in [1.807, 2.05) is 13.8 Å². The van der Waals surface area contributed by atoms with Crippen LogP contribution in [0.15, 0.2) is 24.3 Å². The SMILES string of the molecule is CCOC(=O)c1ccc(OCC(=O)N[C@](C)(C#N)C(C)C)cc1. The van der Waals surface area contributed by atoms with Gasteiger partial charge in [0, 0.05) is 0 Å². The summed E-state index contributed by atoms with van der Waals surface area (Å²) in [4.78, 5) is 23.4. The lowest BCUT2D eigenvalue weighted by atomic mass is 9.90. The van der Waals surface area contributed by atoms with E-state index in [-0.39, 0.29) is 18.4 Å². The molecule has 124 valence electrons. The van der Waals surface area contributed by atoms with Crippen molar-refractivity contribution in [1.82, 2.24) is 5.32 Å². The van der Waals surface area contributed by atoms with Crippen LogP contribution in [-0.4, -0.2) is 30.6 Å². The molecule has 0 aromatic heterocycles. The summed E-state index contributed by atoms with van der Waals surface area (Å²) in [6.07, 6.45) is 0. The standard InChI is InChI=1S/C17H22N2O4/c1-5-22-16(21)13-6-8-14(9-7-13)23-10-15(20)19-17(4,11-18)12(2)3/h6-9,12H,5,10H2,1-4H3,(H,19,20)/t17-/m1/s1. The first-order valence-corrected chi connectivity index (χ1v) is 7.44. The van der Waals surface area contributed by atoms with Gasteiger partial charge in [-0.15, -0.1) is 0 Å². The molecule has 0 bridgehead atoms. The summed E-state index contributed by atoms with van der Waals surface area (Å²) in [7, 11) is 0. The Hall–Kier alpha value is -2.55. The van der Waals surface area contributed by atoms with Crippen molar-refractivity contribution >= 4 is 11.9 Å². The predicted octanol–water partition coefficient (Wildman–Crippen LogP) is 2.30. The molecule has 0 saturated heterocycles. The van der Waals surface area contributed by atoms with Crippen LogP contribution in [0.2, 0.25) is 0 Å². The molecule has 0 unspecified atom stereocenters. The minimum absolute atomic E-state index is 0.0275. The maximum absolute atomic E-state index is 11.9. The fraction of sp³-hybridized carbons (Fsp3) is 0.471. The molecule has 1 amide bonds. The Bertz CT molecular complexity index is 590. The Morgan fingerprint density at radius 3 is 2.39 bits per heavy atom. The number of carbonyl (C=O) groups is 2. The molecule has 1 aromatic carbocycles. The van der Waals surface area contributed by atoms with Crippen LogP contribution in [0.25, 0.3) is 0 Å². The van der Waals surface area contributed by atoms with Gasteiger partial charge in [0.15, 0.2) is 6.61 Å². The number of benzene rings is 1. The zero-order valence-electron chi connectivity index (χ0n) is 13.9. The second-order valence-corrected chi connectivity index (χ2v) is 5.55. The summed E-state index contributed by atoms with van der Waals surface area (Å²) >= 11 is 0. The highest BCUT2D eigenvalue weighted by atomic mass is 16.5. The van der Waals surface area contributed by atoms with E-state index in [4.69, 9.17) is 14.7 Å². The van der Waals surface area contributed by atoms with Crippen molar-refractivity contribution in [2.45, 2.75) is 33.2 Å². The highest BCUT2D eigenvalue weighted by Gasteiger charge is 2.29. The molecule has 0 spiro atoms. The number of hydrogen-bond acceptors (Lipinski definition) is 5. The molecule has 0 radical (unpaired) electrons. The second kappa shape index (κ2) is 8.18. The van der Waals surface area contributed by atoms with E-state index in [0.717, 1.165) is 0 Å². The summed E-state index contributed by atoms with van der Waals surface area (Å²) < 4.78 is 10.2. The molecule has 0 aliphatic heterocycles. The van der Waals surface area contributed by atoms with Gasteiger partial charge in [-0.25, -0.2) is 4.79 Å². The van der Waals surface area contributed by atoms with Crippen LogP contribution in [-0.2, 0) is 9.53 Å². The quantitative estimate of drug-likeness (QED) is 0.779. The van der Waals surface area contributed by atoms with Crippen LogP contribution < -0.4 is 10.1 Å². The summed E-state index contributed by atoms with van der Waals surface area (Å²) in [5.74, 6) is -0.354. The third kappa shape index (κ3) is 5.29. The van der Waals surface area contributed by atoms with E-state index < -0.39 is 11.5 Å². The third-order valence-electron chi connectivity index (χ3n) is 3.52. The Kier molecular flexibility index (Phi) is 6.58. The smallest absolute Gasteiger partial charge is 0.338 e. The van der Waals surface area contributed by atoms with Gasteiger partial charge < -0.3 is 14.8 Å². The van der Waals surface area contributed by atoms with Gasteiger partial charge >= 0.3 is 5.97 Å². The zero-order valence-corrected chi connectivity index (χ0v) is 13.9. The van der Waals surface area contributed by atoms with Crippen LogP contribution in [0, 0.1) is 17.2 Å². The van der Waals surface area contributed by atoms with Crippen molar-refractivity contribution in [3.63, 3.8) is 0 Å². The van der Waals surface area contributed by atoms with Crippen molar-refractivity contribution in [3.05, 3.63) is 29.8 Å². The normalized spacial score (nSPS) is 12.9. The van der Waals surface area contributed by atoms with Crippen molar-refractivity contribution in [2.75, 3.05) is 13.2 Å². The van der Waals surface area contributed by atoms with Crippen LogP contribution in [0.5, 0.6) is 5.75 Å². The van der Waals surface area contributed by atoms with Gasteiger partial charge in [-0.3, -0.25) is 4.79 Å². The van der Waals surface area contributed by atoms with E-state index >= 15 is 0 Å². The number of ether oxygens (including phenoxy) is 2. The fourth-order valence-corrected chi connectivity index (χ4v) is 1.68. The molecule has 6 nitrogen and oxygen atoms in total. The van der Waals surface area contributed by atoms with Crippen molar-refractivity contribution in [3.8, 4) is 11.8 Å². The largest absolute Gasteiger partial charge is 0.484 e. The van der Waals surface area contributed by atoms with Gasteiger partial charge in [0.05, 0.1) is 18.2 Å². The fourth-order valence-electron chi connectivity index (χ4n) is 1.68. The number of nitriles is 1. The van der Waals surface area contributed by atoms with E-state index in [0.29, 0.717) is 17.9 Å². The van der Waals surface area contributed by atoms with Crippen LogP contribution in [0.3, 0.4) is 0 Å². The maximum atomic E-state index is 11.9. The highest BCUT2D eigenvalue weighted by molar-refractivity contribution is 5.89. The van der Waals surface area contributed by atoms with Gasteiger partial charge in [0.25, 0.3) is 5.91 Å². The minimum atomic E-state index is -0.936. The molecule has 1 aromatic rings. The Morgan fingerprint density at radius 2 is 1.91 bits per heavy atom. The minimum Gasteiger partial charge on any atom is -0.484 e. The van der Waals surface area contributed by atoms with Crippen LogP contribution >= 0.6 is 0 Å². The van der Waals surface area contributed by atoms with Gasteiger partial charge in [0.1, 0.15) is 11.3 Å². The summed E-state index contributed by atoms with van der Waals surface area (Å²) in [6, 6.07) is 8.41. The van der Waals surface area contributed by atoms with E-state index in [1.165, 1.54) is 0 Å². The molecule has 6 heteroatoms. The van der Waals surface area contributed by atoms with E-state index in [9.17, 15) is 9.59 Å². The first-order chi connectivity index (χ1) is 10.8. The van der Waals surface area contributed by atoms with Crippen molar-refractivity contribution < 1.29 is 19.1 Å². The van der Waals surface area contributed by atoms with Crippen LogP contribution in [0.4, 0.5) is 0 Å². The van der Waals surface area contributed by atoms with Crippen molar-refractivity contribution in [1.29, 1.82) is 5.26 Å². The first-order valence-electron chi connectivity index (χ1n) is 7.44. The molecule has 1 atom stereocenters. The van der Waals surface area contributed by atoms with Crippen LogP contribution in [0.1, 0.15) is 38.1 Å². The summed E-state index contributed by atoms with van der Waals surface area (Å²) in [6.45, 7) is 7.23. The lowest BCUT2D eigenvalue weighted by Crippen LogP contribution is -2.50. The molecular formula is C17H22N2O4. The van der Waals surface area contributed by atoms with E-state index in [1.54, 1.807) is 38.1 Å². The number of nitrogens with one attached hydrogen (secondary N) is 1. The van der Waals surface area contributed by atoms with E-state index in [2.05, 4.69) is 11.4 Å². The zero-order chi connectivity index (χ0) is 17.5. The summed E-state index contributed by atoms with van der Waals surface area (Å²) in [5, 5.41) is 11.8. The monoisotopic (exact) mass is 318 g/mol. The Morgan fingerprint density at radius 1 is 1.30 bits per heavy atom. The second-order valence-electron chi connectivity index (χ2n) is 5.55. The average molecular weight is 318 g/mol. The molecule has 0 aliphatic rings. The van der Waals surface area contributed by atoms with Gasteiger partial charge in [-0.1, -0.05) is 13.8 Å². The molecule has 0 fully saturated rings. The summed E-state index contributed by atoms with van der Waals surface area (Å²) in [5.41, 5.74) is -0.519. The maximum Gasteiger partial charge on any atom is 0.338 e. The van der Waals surface area contributed by atoms with Gasteiger partial charge in [-0.05, 0) is 44.0 Å². The number of amides is 1. The first kappa shape index (κ1) is 18.5. The number of nitrogens with zero attached hydrogens (tertiary/aromatic N) is 1. The Labute approximate surface area is 136 Å². The highest BCUT2D eigenvalue weighted by Crippen LogP contribution is 2.16. The van der Waals surface area contributed by atoms with Gasteiger partial charge in [0.2, 0.25) is 0 Å². The third-order valence-corrected chi connectivity index (χ3v) is 3.52. The molecule has 0 saturated carbocycles. The molecule has 0 heterocycles. The van der Waals surface area contributed by atoms with Gasteiger partial charge in [-0.2, -0.15) is 5.26 Å². The molecule has 1 N–H and O–H groups in total.